The van der Waals surface area contributed by atoms with Gasteiger partial charge in [0.1, 0.15) is 0 Å². The minimum absolute atomic E-state index is 0.0372. The molecule has 0 saturated heterocycles. The van der Waals surface area contributed by atoms with Gasteiger partial charge < -0.3 is 0 Å². The van der Waals surface area contributed by atoms with E-state index < -0.39 is 0 Å². The maximum Gasteiger partial charge on any atom is 0.273 e. The van der Waals surface area contributed by atoms with E-state index in [2.05, 4.69) is 15.9 Å². The molecule has 3 nitrogen and oxygen atoms in total. The molecule has 16 heavy (non-hydrogen) atoms. The fourth-order valence-electron chi connectivity index (χ4n) is 1.53. The lowest BCUT2D eigenvalue weighted by Crippen LogP contribution is -2.05. The number of nitrogens with zero attached hydrogens (tertiary/aromatic N) is 1. The van der Waals surface area contributed by atoms with Crippen molar-refractivity contribution >= 4 is 33.2 Å². The van der Waals surface area contributed by atoms with Crippen LogP contribution in [0.5, 0.6) is 0 Å². The number of alkyl halides is 1. The van der Waals surface area contributed by atoms with Crippen molar-refractivity contribution in [1.82, 2.24) is 0 Å². The van der Waals surface area contributed by atoms with Crippen LogP contribution in [-0.4, -0.2) is 10.3 Å². The molecule has 5 heteroatoms. The summed E-state index contributed by atoms with van der Waals surface area (Å²) in [5.74, 6) is 0. The zero-order chi connectivity index (χ0) is 12.1. The van der Waals surface area contributed by atoms with E-state index in [-0.39, 0.29) is 16.0 Å². The molecular weight excluding hydrogens is 293 g/mol. The molecule has 1 aromatic rings. The molecule has 0 aliphatic heterocycles. The Morgan fingerprint density at radius 1 is 1.56 bits per heavy atom. The van der Waals surface area contributed by atoms with Crippen molar-refractivity contribution in [2.24, 2.45) is 0 Å². The lowest BCUT2D eigenvalue weighted by Gasteiger charge is -2.08. The second-order valence-corrected chi connectivity index (χ2v) is 5.15. The fraction of sp³-hybridized carbons (Fsp3) is 0.455. The first-order valence-electron chi connectivity index (χ1n) is 5.11. The molecule has 1 aromatic carbocycles. The normalized spacial score (nSPS) is 12.4. The third kappa shape index (κ3) is 3.76. The van der Waals surface area contributed by atoms with Crippen LogP contribution in [0.3, 0.4) is 0 Å². The Labute approximate surface area is 108 Å². The van der Waals surface area contributed by atoms with E-state index in [0.29, 0.717) is 16.5 Å². The van der Waals surface area contributed by atoms with E-state index in [9.17, 15) is 10.1 Å². The summed E-state index contributed by atoms with van der Waals surface area (Å²) in [4.78, 5) is 10.5. The van der Waals surface area contributed by atoms with Crippen molar-refractivity contribution in [3.05, 3.63) is 38.3 Å². The summed E-state index contributed by atoms with van der Waals surface area (Å²) in [5.41, 5.74) is 0.831. The smallest absolute Gasteiger partial charge is 0.258 e. The lowest BCUT2D eigenvalue weighted by atomic mass is 10.1. The van der Waals surface area contributed by atoms with Gasteiger partial charge in [0, 0.05) is 21.5 Å². The molecule has 0 aliphatic rings. The van der Waals surface area contributed by atoms with Gasteiger partial charge in [-0.15, -0.1) is 11.6 Å². The van der Waals surface area contributed by atoms with Crippen molar-refractivity contribution in [3.63, 3.8) is 0 Å². The van der Waals surface area contributed by atoms with Gasteiger partial charge in [-0.3, -0.25) is 10.1 Å². The number of nitro benzene ring substituents is 1. The van der Waals surface area contributed by atoms with Crippen LogP contribution < -0.4 is 0 Å². The van der Waals surface area contributed by atoms with Crippen molar-refractivity contribution in [1.29, 1.82) is 0 Å². The molecule has 88 valence electrons. The first-order chi connectivity index (χ1) is 7.54. The Bertz CT molecular complexity index is 384. The van der Waals surface area contributed by atoms with Gasteiger partial charge in [0.05, 0.1) is 4.92 Å². The van der Waals surface area contributed by atoms with E-state index in [1.165, 1.54) is 6.07 Å². The van der Waals surface area contributed by atoms with E-state index in [1.54, 1.807) is 12.1 Å². The van der Waals surface area contributed by atoms with Crippen molar-refractivity contribution in [2.45, 2.75) is 31.6 Å². The summed E-state index contributed by atoms with van der Waals surface area (Å²) < 4.78 is 0.713. The molecule has 0 saturated carbocycles. The van der Waals surface area contributed by atoms with Gasteiger partial charge in [0.2, 0.25) is 0 Å². The maximum atomic E-state index is 10.9. The van der Waals surface area contributed by atoms with Crippen molar-refractivity contribution < 1.29 is 4.92 Å². The number of halogens is 2. The number of hydrogen-bond acceptors (Lipinski definition) is 2. The highest BCUT2D eigenvalue weighted by atomic mass is 79.9. The SMILES string of the molecule is CCCC(Cl)Cc1ccc(Br)cc1[N+](=O)[O-]. The summed E-state index contributed by atoms with van der Waals surface area (Å²) in [6, 6.07) is 5.08. The molecule has 0 N–H and O–H groups in total. The average Bonchev–Trinajstić information content (AvgIpc) is 2.20. The van der Waals surface area contributed by atoms with Crippen molar-refractivity contribution in [2.75, 3.05) is 0 Å². The number of nitro groups is 1. The summed E-state index contributed by atoms with van der Waals surface area (Å²) in [7, 11) is 0. The van der Waals surface area contributed by atoms with Gasteiger partial charge in [0.25, 0.3) is 5.69 Å². The molecule has 1 atom stereocenters. The summed E-state index contributed by atoms with van der Waals surface area (Å²) in [5, 5.41) is 10.8. The molecule has 0 radical (unpaired) electrons. The van der Waals surface area contributed by atoms with Crippen LogP contribution in [-0.2, 0) is 6.42 Å². The van der Waals surface area contributed by atoms with Crippen molar-refractivity contribution in [3.8, 4) is 0 Å². The van der Waals surface area contributed by atoms with Crippen LogP contribution in [0.15, 0.2) is 22.7 Å². The molecular formula is C11H13BrClNO2. The molecule has 0 heterocycles. The van der Waals surface area contributed by atoms with Crippen LogP contribution in [0.4, 0.5) is 5.69 Å². The largest absolute Gasteiger partial charge is 0.273 e. The van der Waals surface area contributed by atoms with Gasteiger partial charge in [0.15, 0.2) is 0 Å². The summed E-state index contributed by atoms with van der Waals surface area (Å²) >= 11 is 9.32. The third-order valence-electron chi connectivity index (χ3n) is 2.29. The Hall–Kier alpha value is -0.610. The molecule has 0 bridgehead atoms. The quantitative estimate of drug-likeness (QED) is 0.462. The zero-order valence-electron chi connectivity index (χ0n) is 8.95. The standard InChI is InChI=1S/C11H13BrClNO2/c1-2-3-10(13)6-8-4-5-9(12)7-11(8)14(15)16/h4-5,7,10H,2-3,6H2,1H3. The molecule has 0 aliphatic carbocycles. The first-order valence-corrected chi connectivity index (χ1v) is 6.34. The topological polar surface area (TPSA) is 43.1 Å². The van der Waals surface area contributed by atoms with E-state index in [1.807, 2.05) is 6.92 Å². The van der Waals surface area contributed by atoms with Crippen LogP contribution in [0.1, 0.15) is 25.3 Å². The molecule has 0 fully saturated rings. The number of benzene rings is 1. The maximum absolute atomic E-state index is 10.9. The molecule has 1 rings (SSSR count). The Kier molecular flexibility index (Phi) is 5.22. The van der Waals surface area contributed by atoms with E-state index in [4.69, 9.17) is 11.6 Å². The van der Waals surface area contributed by atoms with E-state index >= 15 is 0 Å². The third-order valence-corrected chi connectivity index (χ3v) is 3.15. The monoisotopic (exact) mass is 305 g/mol. The van der Waals surface area contributed by atoms with Crippen LogP contribution in [0.2, 0.25) is 0 Å². The second kappa shape index (κ2) is 6.21. The number of rotatable bonds is 5. The minimum Gasteiger partial charge on any atom is -0.258 e. The highest BCUT2D eigenvalue weighted by Gasteiger charge is 2.16. The summed E-state index contributed by atoms with van der Waals surface area (Å²) in [6.07, 6.45) is 2.40. The second-order valence-electron chi connectivity index (χ2n) is 3.62. The highest BCUT2D eigenvalue weighted by molar-refractivity contribution is 9.10. The molecule has 0 spiro atoms. The van der Waals surface area contributed by atoms with Gasteiger partial charge in [-0.1, -0.05) is 35.3 Å². The molecule has 0 aromatic heterocycles. The predicted octanol–water partition coefficient (Wildman–Crippen LogP) is 4.31. The van der Waals surface area contributed by atoms with Gasteiger partial charge in [-0.05, 0) is 18.9 Å². The van der Waals surface area contributed by atoms with Crippen LogP contribution in [0.25, 0.3) is 0 Å². The van der Waals surface area contributed by atoms with Gasteiger partial charge in [-0.25, -0.2) is 0 Å². The van der Waals surface area contributed by atoms with Gasteiger partial charge in [-0.2, -0.15) is 0 Å². The number of hydrogen-bond donors (Lipinski definition) is 0. The highest BCUT2D eigenvalue weighted by Crippen LogP contribution is 2.26. The molecule has 0 amide bonds. The predicted molar refractivity (Wildman–Crippen MR) is 69.0 cm³/mol. The molecule has 1 unspecified atom stereocenters. The van der Waals surface area contributed by atoms with E-state index in [0.717, 1.165) is 12.8 Å². The van der Waals surface area contributed by atoms with Crippen LogP contribution >= 0.6 is 27.5 Å². The zero-order valence-corrected chi connectivity index (χ0v) is 11.3. The summed E-state index contributed by atoms with van der Waals surface area (Å²) in [6.45, 7) is 2.05. The van der Waals surface area contributed by atoms with Gasteiger partial charge >= 0.3 is 0 Å². The average molecular weight is 307 g/mol. The Morgan fingerprint density at radius 3 is 2.81 bits per heavy atom. The lowest BCUT2D eigenvalue weighted by molar-refractivity contribution is -0.385. The fourth-order valence-corrected chi connectivity index (χ4v) is 2.27. The first kappa shape index (κ1) is 13.5. The minimum atomic E-state index is -0.365. The Balaban J connectivity index is 2.90. The Morgan fingerprint density at radius 2 is 2.25 bits per heavy atom. The van der Waals surface area contributed by atoms with Crippen LogP contribution in [0, 0.1) is 10.1 Å².